The summed E-state index contributed by atoms with van der Waals surface area (Å²) in [5, 5.41) is 0. The van der Waals surface area contributed by atoms with Crippen molar-refractivity contribution in [2.45, 2.75) is 44.2 Å². The molecule has 1 aromatic carbocycles. The van der Waals surface area contributed by atoms with E-state index in [0.29, 0.717) is 5.92 Å². The van der Waals surface area contributed by atoms with E-state index in [0.717, 1.165) is 25.2 Å². The van der Waals surface area contributed by atoms with Gasteiger partial charge < -0.3 is 15.2 Å². The van der Waals surface area contributed by atoms with Gasteiger partial charge >= 0.3 is 0 Å². The minimum Gasteiger partial charge on any atom is -0.493 e. The molecule has 0 amide bonds. The maximum atomic E-state index is 6.28. The van der Waals surface area contributed by atoms with Crippen molar-refractivity contribution in [3.8, 4) is 5.75 Å². The van der Waals surface area contributed by atoms with E-state index in [1.54, 1.807) is 7.11 Å². The lowest BCUT2D eigenvalue weighted by atomic mass is 9.83. The quantitative estimate of drug-likeness (QED) is 0.892. The highest BCUT2D eigenvalue weighted by Gasteiger charge is 2.31. The monoisotopic (exact) mass is 249 g/mol. The Morgan fingerprint density at radius 2 is 2.17 bits per heavy atom. The maximum absolute atomic E-state index is 6.28. The number of fused-ring (bicyclic) bond motifs is 1. The van der Waals surface area contributed by atoms with Crippen LogP contribution in [0.15, 0.2) is 24.3 Å². The van der Waals surface area contributed by atoms with Gasteiger partial charge in [-0.2, -0.15) is 0 Å². The van der Waals surface area contributed by atoms with Crippen LogP contribution in [-0.4, -0.2) is 25.4 Å². The van der Waals surface area contributed by atoms with Gasteiger partial charge in [-0.15, -0.1) is 0 Å². The van der Waals surface area contributed by atoms with Gasteiger partial charge in [0.05, 0.1) is 12.2 Å². The molecule has 1 aliphatic rings. The van der Waals surface area contributed by atoms with E-state index >= 15 is 0 Å². The van der Waals surface area contributed by atoms with Crippen LogP contribution in [-0.2, 0) is 4.74 Å². The van der Waals surface area contributed by atoms with Gasteiger partial charge in [-0.3, -0.25) is 0 Å². The molecule has 3 nitrogen and oxygen atoms in total. The van der Waals surface area contributed by atoms with E-state index in [-0.39, 0.29) is 11.6 Å². The average molecular weight is 249 g/mol. The van der Waals surface area contributed by atoms with Crippen LogP contribution >= 0.6 is 0 Å². The molecule has 0 fully saturated rings. The largest absolute Gasteiger partial charge is 0.493 e. The highest BCUT2D eigenvalue weighted by molar-refractivity contribution is 5.37. The van der Waals surface area contributed by atoms with Crippen molar-refractivity contribution in [3.05, 3.63) is 29.8 Å². The van der Waals surface area contributed by atoms with Crippen LogP contribution < -0.4 is 10.5 Å². The Labute approximate surface area is 109 Å². The number of benzene rings is 1. The number of rotatable bonds is 4. The van der Waals surface area contributed by atoms with Gasteiger partial charge in [-0.25, -0.2) is 0 Å². The summed E-state index contributed by atoms with van der Waals surface area (Å²) in [7, 11) is 1.72. The van der Waals surface area contributed by atoms with Crippen molar-refractivity contribution in [1.82, 2.24) is 0 Å². The molecule has 3 heteroatoms. The third-order valence-corrected chi connectivity index (χ3v) is 4.04. The van der Waals surface area contributed by atoms with Crippen LogP contribution in [0.3, 0.4) is 0 Å². The maximum Gasteiger partial charge on any atom is 0.122 e. The number of nitrogens with two attached hydrogens (primary N) is 1. The van der Waals surface area contributed by atoms with Crippen molar-refractivity contribution in [2.24, 2.45) is 5.73 Å². The molecule has 2 atom stereocenters. The van der Waals surface area contributed by atoms with Crippen molar-refractivity contribution in [3.63, 3.8) is 0 Å². The Hall–Kier alpha value is -1.06. The molecule has 1 heterocycles. The van der Waals surface area contributed by atoms with E-state index in [9.17, 15) is 0 Å². The van der Waals surface area contributed by atoms with Crippen molar-refractivity contribution >= 4 is 0 Å². The topological polar surface area (TPSA) is 44.5 Å². The lowest BCUT2D eigenvalue weighted by Gasteiger charge is -2.34. The minimum absolute atomic E-state index is 0.0265. The molecule has 1 aromatic rings. The summed E-state index contributed by atoms with van der Waals surface area (Å²) < 4.78 is 11.1. The molecule has 0 saturated heterocycles. The van der Waals surface area contributed by atoms with E-state index in [2.05, 4.69) is 12.1 Å². The van der Waals surface area contributed by atoms with Crippen LogP contribution in [0.1, 0.15) is 38.2 Å². The van der Waals surface area contributed by atoms with Gasteiger partial charge in [-0.05, 0) is 44.2 Å². The summed E-state index contributed by atoms with van der Waals surface area (Å²) in [4.78, 5) is 0. The van der Waals surface area contributed by atoms with E-state index < -0.39 is 0 Å². The number of hydrogen-bond donors (Lipinski definition) is 1. The number of methoxy groups -OCH3 is 1. The SMILES string of the molecule is COC(C)(C)C(N)CC1CCOc2ccccc21. The highest BCUT2D eigenvalue weighted by Crippen LogP contribution is 2.37. The molecule has 0 saturated carbocycles. The zero-order valence-electron chi connectivity index (χ0n) is 11.5. The normalized spacial score (nSPS) is 21.0. The molecule has 18 heavy (non-hydrogen) atoms. The first kappa shape index (κ1) is 13.4. The lowest BCUT2D eigenvalue weighted by molar-refractivity contribution is -0.00409. The molecule has 0 aliphatic carbocycles. The Balaban J connectivity index is 2.12. The molecular weight excluding hydrogens is 226 g/mol. The molecule has 0 radical (unpaired) electrons. The Morgan fingerprint density at radius 3 is 2.89 bits per heavy atom. The van der Waals surface area contributed by atoms with E-state index in [4.69, 9.17) is 15.2 Å². The second-order valence-corrected chi connectivity index (χ2v) is 5.52. The third-order valence-electron chi connectivity index (χ3n) is 4.04. The van der Waals surface area contributed by atoms with E-state index in [1.807, 2.05) is 26.0 Å². The minimum atomic E-state index is -0.284. The number of hydrogen-bond acceptors (Lipinski definition) is 3. The van der Waals surface area contributed by atoms with Crippen LogP contribution in [0.5, 0.6) is 5.75 Å². The molecule has 0 aromatic heterocycles. The Morgan fingerprint density at radius 1 is 1.44 bits per heavy atom. The average Bonchev–Trinajstić information content (AvgIpc) is 2.39. The highest BCUT2D eigenvalue weighted by atomic mass is 16.5. The molecule has 0 spiro atoms. The number of para-hydroxylation sites is 1. The van der Waals surface area contributed by atoms with Gasteiger partial charge in [0, 0.05) is 13.2 Å². The predicted molar refractivity (Wildman–Crippen MR) is 73.0 cm³/mol. The van der Waals surface area contributed by atoms with Crippen LogP contribution in [0.2, 0.25) is 0 Å². The second-order valence-electron chi connectivity index (χ2n) is 5.52. The summed E-state index contributed by atoms with van der Waals surface area (Å²) >= 11 is 0. The molecule has 2 N–H and O–H groups in total. The molecule has 2 rings (SSSR count). The standard InChI is InChI=1S/C15H23NO2/c1-15(2,17-3)14(16)10-11-8-9-18-13-7-5-4-6-12(11)13/h4-7,11,14H,8-10,16H2,1-3H3. The number of ether oxygens (including phenoxy) is 2. The fraction of sp³-hybridized carbons (Fsp3) is 0.600. The van der Waals surface area contributed by atoms with Gasteiger partial charge in [0.1, 0.15) is 5.75 Å². The van der Waals surface area contributed by atoms with Gasteiger partial charge in [0.25, 0.3) is 0 Å². The van der Waals surface area contributed by atoms with Gasteiger partial charge in [-0.1, -0.05) is 18.2 Å². The van der Waals surface area contributed by atoms with Crippen LogP contribution in [0.4, 0.5) is 0 Å². The smallest absolute Gasteiger partial charge is 0.122 e. The summed E-state index contributed by atoms with van der Waals surface area (Å²) in [6.07, 6.45) is 1.96. The van der Waals surface area contributed by atoms with E-state index in [1.165, 1.54) is 5.56 Å². The fourth-order valence-electron chi connectivity index (χ4n) is 2.40. The van der Waals surface area contributed by atoms with Crippen LogP contribution in [0.25, 0.3) is 0 Å². The first-order valence-corrected chi connectivity index (χ1v) is 6.57. The van der Waals surface area contributed by atoms with Crippen molar-refractivity contribution in [1.29, 1.82) is 0 Å². The summed E-state index contributed by atoms with van der Waals surface area (Å²) in [6, 6.07) is 8.28. The second kappa shape index (κ2) is 5.29. The lowest BCUT2D eigenvalue weighted by Crippen LogP contribution is -2.45. The predicted octanol–water partition coefficient (Wildman–Crippen LogP) is 2.70. The Bertz CT molecular complexity index is 403. The molecule has 100 valence electrons. The molecule has 0 bridgehead atoms. The first-order valence-electron chi connectivity index (χ1n) is 6.57. The van der Waals surface area contributed by atoms with Gasteiger partial charge in [0.15, 0.2) is 0 Å². The van der Waals surface area contributed by atoms with Crippen molar-refractivity contribution in [2.75, 3.05) is 13.7 Å². The zero-order valence-corrected chi connectivity index (χ0v) is 11.5. The summed E-state index contributed by atoms with van der Waals surface area (Å²) in [5.74, 6) is 1.48. The first-order chi connectivity index (χ1) is 8.54. The zero-order chi connectivity index (χ0) is 13.2. The van der Waals surface area contributed by atoms with Crippen molar-refractivity contribution < 1.29 is 9.47 Å². The molecule has 1 aliphatic heterocycles. The van der Waals surface area contributed by atoms with Crippen LogP contribution in [0, 0.1) is 0 Å². The molecule has 2 unspecified atom stereocenters. The summed E-state index contributed by atoms with van der Waals surface area (Å²) in [6.45, 7) is 4.87. The third kappa shape index (κ3) is 2.68. The Kier molecular flexibility index (Phi) is 3.93. The summed E-state index contributed by atoms with van der Waals surface area (Å²) in [5.41, 5.74) is 7.28. The fourth-order valence-corrected chi connectivity index (χ4v) is 2.40. The van der Waals surface area contributed by atoms with Gasteiger partial charge in [0.2, 0.25) is 0 Å². The molecular formula is C15H23NO2.